The standard InChI is InChI=1S/C25H40FNO2/c1-7-13-25(4,5)23(16-18(2)19(3)26)24(28)27-14-11-20(12-15-27)21-9-8-10-22(17-21)29-6/h8-10,17-20,23H,7,11-16H2,1-6H3. The van der Waals surface area contributed by atoms with Crippen LogP contribution in [0.1, 0.15) is 78.2 Å². The first-order chi connectivity index (χ1) is 13.7. The Morgan fingerprint density at radius 2 is 1.93 bits per heavy atom. The first kappa shape index (κ1) is 23.7. The number of benzene rings is 1. The molecule has 164 valence electrons. The molecule has 4 heteroatoms. The van der Waals surface area contributed by atoms with Crippen LogP contribution in [0.25, 0.3) is 0 Å². The zero-order chi connectivity index (χ0) is 21.6. The summed E-state index contributed by atoms with van der Waals surface area (Å²) in [5.41, 5.74) is 1.18. The molecule has 1 fully saturated rings. The molecule has 0 radical (unpaired) electrons. The molecule has 1 heterocycles. The van der Waals surface area contributed by atoms with E-state index < -0.39 is 6.17 Å². The van der Waals surface area contributed by atoms with Gasteiger partial charge in [0.25, 0.3) is 0 Å². The summed E-state index contributed by atoms with van der Waals surface area (Å²) < 4.78 is 19.3. The Morgan fingerprint density at radius 3 is 2.48 bits per heavy atom. The highest BCUT2D eigenvalue weighted by Gasteiger charge is 2.39. The molecule has 1 aromatic rings. The van der Waals surface area contributed by atoms with Gasteiger partial charge in [-0.1, -0.05) is 46.2 Å². The average molecular weight is 406 g/mol. The largest absolute Gasteiger partial charge is 0.497 e. The van der Waals surface area contributed by atoms with Crippen LogP contribution in [0, 0.1) is 17.3 Å². The highest BCUT2D eigenvalue weighted by molar-refractivity contribution is 5.79. The molecule has 0 saturated carbocycles. The van der Waals surface area contributed by atoms with E-state index in [1.807, 2.05) is 24.0 Å². The minimum Gasteiger partial charge on any atom is -0.497 e. The van der Waals surface area contributed by atoms with E-state index in [1.54, 1.807) is 14.0 Å². The van der Waals surface area contributed by atoms with Crippen molar-refractivity contribution in [2.45, 2.75) is 78.8 Å². The third-order valence-corrected chi connectivity index (χ3v) is 6.90. The number of methoxy groups -OCH3 is 1. The summed E-state index contributed by atoms with van der Waals surface area (Å²) in [6, 6.07) is 8.27. The smallest absolute Gasteiger partial charge is 0.226 e. The van der Waals surface area contributed by atoms with Crippen LogP contribution >= 0.6 is 0 Å². The third-order valence-electron chi connectivity index (χ3n) is 6.90. The van der Waals surface area contributed by atoms with Gasteiger partial charge in [0.2, 0.25) is 5.91 Å². The fourth-order valence-corrected chi connectivity index (χ4v) is 4.68. The van der Waals surface area contributed by atoms with Crippen LogP contribution in [0.3, 0.4) is 0 Å². The van der Waals surface area contributed by atoms with Gasteiger partial charge in [-0.25, -0.2) is 4.39 Å². The van der Waals surface area contributed by atoms with Gasteiger partial charge in [-0.3, -0.25) is 4.79 Å². The minimum atomic E-state index is -0.887. The van der Waals surface area contributed by atoms with Crippen molar-refractivity contribution in [3.05, 3.63) is 29.8 Å². The zero-order valence-electron chi connectivity index (χ0n) is 19.2. The monoisotopic (exact) mass is 405 g/mol. The van der Waals surface area contributed by atoms with Crippen molar-refractivity contribution in [3.63, 3.8) is 0 Å². The Balaban J connectivity index is 2.08. The number of carbonyl (C=O) groups is 1. The number of piperidine rings is 1. The quantitative estimate of drug-likeness (QED) is 0.487. The van der Waals surface area contributed by atoms with Crippen molar-refractivity contribution < 1.29 is 13.9 Å². The van der Waals surface area contributed by atoms with Crippen LogP contribution in [0.15, 0.2) is 24.3 Å². The van der Waals surface area contributed by atoms with E-state index in [9.17, 15) is 9.18 Å². The first-order valence-electron chi connectivity index (χ1n) is 11.3. The zero-order valence-corrected chi connectivity index (χ0v) is 19.2. The molecule has 3 atom stereocenters. The number of hydrogen-bond donors (Lipinski definition) is 0. The van der Waals surface area contributed by atoms with E-state index in [4.69, 9.17) is 4.74 Å². The third kappa shape index (κ3) is 6.20. The Bertz CT molecular complexity index is 650. The number of nitrogens with zero attached hydrogens (tertiary/aromatic N) is 1. The van der Waals surface area contributed by atoms with Gasteiger partial charge in [-0.15, -0.1) is 0 Å². The Morgan fingerprint density at radius 1 is 1.28 bits per heavy atom. The van der Waals surface area contributed by atoms with Gasteiger partial charge < -0.3 is 9.64 Å². The summed E-state index contributed by atoms with van der Waals surface area (Å²) in [7, 11) is 1.69. The van der Waals surface area contributed by atoms with Gasteiger partial charge in [-0.2, -0.15) is 0 Å². The normalized spacial score (nSPS) is 18.9. The summed E-state index contributed by atoms with van der Waals surface area (Å²) in [5.74, 6) is 1.34. The molecule has 3 nitrogen and oxygen atoms in total. The van der Waals surface area contributed by atoms with Crippen LogP contribution in [0.2, 0.25) is 0 Å². The second-order valence-corrected chi connectivity index (χ2v) is 9.56. The van der Waals surface area contributed by atoms with E-state index in [2.05, 4.69) is 32.9 Å². The van der Waals surface area contributed by atoms with Crippen LogP contribution in [-0.2, 0) is 4.79 Å². The van der Waals surface area contributed by atoms with Crippen molar-refractivity contribution >= 4 is 5.91 Å². The predicted molar refractivity (Wildman–Crippen MR) is 118 cm³/mol. The van der Waals surface area contributed by atoms with Crippen LogP contribution < -0.4 is 4.74 Å². The highest BCUT2D eigenvalue weighted by Crippen LogP contribution is 2.39. The predicted octanol–water partition coefficient (Wildman–Crippen LogP) is 6.23. The van der Waals surface area contributed by atoms with Crippen molar-refractivity contribution in [1.29, 1.82) is 0 Å². The van der Waals surface area contributed by atoms with Gasteiger partial charge in [0.15, 0.2) is 0 Å². The van der Waals surface area contributed by atoms with E-state index in [0.717, 1.165) is 44.5 Å². The molecule has 1 saturated heterocycles. The molecular weight excluding hydrogens is 365 g/mol. The minimum absolute atomic E-state index is 0.102. The van der Waals surface area contributed by atoms with Gasteiger partial charge in [0.1, 0.15) is 5.75 Å². The van der Waals surface area contributed by atoms with E-state index in [-0.39, 0.29) is 23.2 Å². The average Bonchev–Trinajstić information content (AvgIpc) is 2.71. The number of carbonyl (C=O) groups excluding carboxylic acids is 1. The molecule has 1 aliphatic rings. The second-order valence-electron chi connectivity index (χ2n) is 9.56. The van der Waals surface area contributed by atoms with Crippen LogP contribution in [0.5, 0.6) is 5.75 Å². The molecule has 0 spiro atoms. The highest BCUT2D eigenvalue weighted by atomic mass is 19.1. The van der Waals surface area contributed by atoms with Gasteiger partial charge >= 0.3 is 0 Å². The summed E-state index contributed by atoms with van der Waals surface area (Å²) in [6.07, 6.45) is 3.69. The molecule has 1 aliphatic heterocycles. The molecule has 0 aromatic heterocycles. The topological polar surface area (TPSA) is 29.5 Å². The molecule has 3 unspecified atom stereocenters. The second kappa shape index (κ2) is 10.4. The fraction of sp³-hybridized carbons (Fsp3) is 0.720. The Labute approximate surface area is 177 Å². The summed E-state index contributed by atoms with van der Waals surface area (Å²) >= 11 is 0. The lowest BCUT2D eigenvalue weighted by Gasteiger charge is -2.41. The van der Waals surface area contributed by atoms with E-state index in [0.29, 0.717) is 12.3 Å². The molecule has 29 heavy (non-hydrogen) atoms. The van der Waals surface area contributed by atoms with Crippen LogP contribution in [0.4, 0.5) is 4.39 Å². The molecule has 0 bridgehead atoms. The number of likely N-dealkylation sites (tertiary alicyclic amines) is 1. The maximum atomic E-state index is 13.9. The Kier molecular flexibility index (Phi) is 8.54. The lowest BCUT2D eigenvalue weighted by Crippen LogP contribution is -2.46. The van der Waals surface area contributed by atoms with Crippen molar-refractivity contribution in [2.75, 3.05) is 20.2 Å². The van der Waals surface area contributed by atoms with Crippen LogP contribution in [-0.4, -0.2) is 37.2 Å². The van der Waals surface area contributed by atoms with Gasteiger partial charge in [-0.05, 0) is 67.6 Å². The maximum Gasteiger partial charge on any atom is 0.226 e. The summed E-state index contributed by atoms with van der Waals surface area (Å²) in [4.78, 5) is 15.5. The number of amides is 1. The molecule has 0 N–H and O–H groups in total. The van der Waals surface area contributed by atoms with Crippen molar-refractivity contribution in [3.8, 4) is 5.75 Å². The molecule has 1 amide bonds. The number of hydrogen-bond acceptors (Lipinski definition) is 2. The molecule has 0 aliphatic carbocycles. The number of halogens is 1. The van der Waals surface area contributed by atoms with Crippen molar-refractivity contribution in [2.24, 2.45) is 17.3 Å². The molecule has 2 rings (SSSR count). The maximum absolute atomic E-state index is 13.9. The van der Waals surface area contributed by atoms with Gasteiger partial charge in [0, 0.05) is 19.0 Å². The fourth-order valence-electron chi connectivity index (χ4n) is 4.68. The number of alkyl halides is 1. The lowest BCUT2D eigenvalue weighted by molar-refractivity contribution is -0.142. The van der Waals surface area contributed by atoms with Crippen molar-refractivity contribution in [1.82, 2.24) is 4.90 Å². The number of ether oxygens (including phenoxy) is 1. The summed E-state index contributed by atoms with van der Waals surface area (Å²) in [6.45, 7) is 11.6. The van der Waals surface area contributed by atoms with E-state index >= 15 is 0 Å². The molecule has 1 aromatic carbocycles. The Hall–Kier alpha value is -1.58. The number of rotatable bonds is 9. The summed E-state index contributed by atoms with van der Waals surface area (Å²) in [5, 5.41) is 0. The van der Waals surface area contributed by atoms with Gasteiger partial charge in [0.05, 0.1) is 13.3 Å². The SMILES string of the molecule is CCCC(C)(C)C(CC(C)C(C)F)C(=O)N1CCC(c2cccc(OC)c2)CC1. The lowest BCUT2D eigenvalue weighted by atomic mass is 9.70. The first-order valence-corrected chi connectivity index (χ1v) is 11.3. The van der Waals surface area contributed by atoms with E-state index in [1.165, 1.54) is 5.56 Å². The molecular formula is C25H40FNO2.